The molecule has 1 aliphatic carbocycles. The summed E-state index contributed by atoms with van der Waals surface area (Å²) in [6, 6.07) is 19.0. The van der Waals surface area contributed by atoms with Crippen molar-refractivity contribution in [1.82, 2.24) is 4.98 Å². The predicted octanol–water partition coefficient (Wildman–Crippen LogP) is 5.49. The zero-order valence-electron chi connectivity index (χ0n) is 16.7. The average Bonchev–Trinajstić information content (AvgIpc) is 3.32. The highest BCUT2D eigenvalue weighted by atomic mass is 16.3. The standard InChI is InChI=1S/C26H20N2O3/c29-17-5-1-4-15(12-17)24-25-18-6-2-10-27-19(18)8-9-20(25)28-21-13-16(14-22(30)26(21)24)23-7-3-11-31-23/h1-12,16,24,28-29H,13-14H2/t16-,24-/m1/s1. The maximum Gasteiger partial charge on any atom is 0.162 e. The van der Waals surface area contributed by atoms with E-state index < -0.39 is 0 Å². The van der Waals surface area contributed by atoms with E-state index in [-0.39, 0.29) is 23.4 Å². The summed E-state index contributed by atoms with van der Waals surface area (Å²) in [7, 11) is 0. The van der Waals surface area contributed by atoms with Gasteiger partial charge in [-0.1, -0.05) is 18.2 Å². The highest BCUT2D eigenvalue weighted by molar-refractivity contribution is 6.04. The van der Waals surface area contributed by atoms with Crippen molar-refractivity contribution in [1.29, 1.82) is 0 Å². The fourth-order valence-electron chi connectivity index (χ4n) is 5.05. The van der Waals surface area contributed by atoms with Gasteiger partial charge in [-0.3, -0.25) is 9.78 Å². The average molecular weight is 408 g/mol. The van der Waals surface area contributed by atoms with Gasteiger partial charge in [0.05, 0.1) is 11.8 Å². The second kappa shape index (κ2) is 6.84. The highest BCUT2D eigenvalue weighted by Gasteiger charge is 2.39. The summed E-state index contributed by atoms with van der Waals surface area (Å²) in [6.07, 6.45) is 4.54. The molecule has 0 unspecified atom stereocenters. The van der Waals surface area contributed by atoms with E-state index in [1.807, 2.05) is 48.5 Å². The lowest BCUT2D eigenvalue weighted by molar-refractivity contribution is -0.116. The Morgan fingerprint density at radius 3 is 2.81 bits per heavy atom. The van der Waals surface area contributed by atoms with Gasteiger partial charge in [-0.15, -0.1) is 0 Å². The number of phenolic OH excluding ortho intramolecular Hbond substituents is 1. The molecule has 0 spiro atoms. The van der Waals surface area contributed by atoms with Crippen molar-refractivity contribution in [3.63, 3.8) is 0 Å². The zero-order valence-corrected chi connectivity index (χ0v) is 16.7. The van der Waals surface area contributed by atoms with Crippen molar-refractivity contribution in [2.24, 2.45) is 0 Å². The smallest absolute Gasteiger partial charge is 0.162 e. The molecule has 2 aromatic heterocycles. The topological polar surface area (TPSA) is 75.4 Å². The summed E-state index contributed by atoms with van der Waals surface area (Å²) in [5.74, 6) is 0.882. The van der Waals surface area contributed by atoms with Gasteiger partial charge in [-0.05, 0) is 60.0 Å². The number of aromatic nitrogens is 1. The molecule has 2 aliphatic rings. The van der Waals surface area contributed by atoms with Gasteiger partial charge in [-0.2, -0.15) is 0 Å². The third kappa shape index (κ3) is 2.85. The lowest BCUT2D eigenvalue weighted by Crippen LogP contribution is -2.29. The first-order valence-corrected chi connectivity index (χ1v) is 10.4. The summed E-state index contributed by atoms with van der Waals surface area (Å²) >= 11 is 0. The SMILES string of the molecule is O=C1C[C@H](c2ccco2)CC2=C1[C@H](c1cccc(O)c1)c1c(ccc3ncccc13)N2. The molecule has 5 heteroatoms. The third-order valence-corrected chi connectivity index (χ3v) is 6.35. The molecule has 6 rings (SSSR count). The molecule has 3 heterocycles. The van der Waals surface area contributed by atoms with E-state index in [0.29, 0.717) is 12.8 Å². The number of allylic oxidation sites excluding steroid dienone is 2. The van der Waals surface area contributed by atoms with Crippen LogP contribution in [0, 0.1) is 0 Å². The number of hydrogen-bond acceptors (Lipinski definition) is 5. The molecule has 5 nitrogen and oxygen atoms in total. The van der Waals surface area contributed by atoms with E-state index in [0.717, 1.165) is 44.7 Å². The Labute approximate surface area is 179 Å². The van der Waals surface area contributed by atoms with E-state index >= 15 is 0 Å². The van der Waals surface area contributed by atoms with Crippen LogP contribution in [0.4, 0.5) is 5.69 Å². The van der Waals surface area contributed by atoms with Gasteiger partial charge in [0.2, 0.25) is 0 Å². The number of aromatic hydroxyl groups is 1. The minimum atomic E-state index is -0.267. The number of anilines is 1. The van der Waals surface area contributed by atoms with Crippen LogP contribution in [0.25, 0.3) is 10.9 Å². The summed E-state index contributed by atoms with van der Waals surface area (Å²) in [4.78, 5) is 18.0. The number of nitrogens with zero attached hydrogens (tertiary/aromatic N) is 1. The molecule has 4 aromatic rings. The van der Waals surface area contributed by atoms with E-state index in [4.69, 9.17) is 4.42 Å². The van der Waals surface area contributed by atoms with E-state index in [1.165, 1.54) is 0 Å². The number of Topliss-reactive ketones (excluding diaryl/α,β-unsaturated/α-hetero) is 1. The fraction of sp³-hybridized carbons (Fsp3) is 0.154. The maximum atomic E-state index is 13.5. The molecule has 0 amide bonds. The van der Waals surface area contributed by atoms with Gasteiger partial charge in [0, 0.05) is 46.8 Å². The minimum absolute atomic E-state index is 0.0160. The number of fused-ring (bicyclic) bond motifs is 3. The van der Waals surface area contributed by atoms with Gasteiger partial charge in [0.25, 0.3) is 0 Å². The van der Waals surface area contributed by atoms with E-state index in [9.17, 15) is 9.90 Å². The van der Waals surface area contributed by atoms with Crippen LogP contribution in [-0.4, -0.2) is 15.9 Å². The first-order valence-electron chi connectivity index (χ1n) is 10.4. The number of benzene rings is 2. The number of ketones is 1. The highest BCUT2D eigenvalue weighted by Crippen LogP contribution is 2.50. The Morgan fingerprint density at radius 1 is 1.03 bits per heavy atom. The van der Waals surface area contributed by atoms with Crippen LogP contribution in [-0.2, 0) is 4.79 Å². The molecule has 2 N–H and O–H groups in total. The molecule has 0 saturated carbocycles. The molecule has 0 radical (unpaired) electrons. The van der Waals surface area contributed by atoms with Gasteiger partial charge in [-0.25, -0.2) is 0 Å². The number of nitrogens with one attached hydrogen (secondary N) is 1. The van der Waals surface area contributed by atoms with Crippen molar-refractivity contribution < 1.29 is 14.3 Å². The normalized spacial score (nSPS) is 20.3. The van der Waals surface area contributed by atoms with Crippen LogP contribution in [0.2, 0.25) is 0 Å². The number of pyridine rings is 1. The van der Waals surface area contributed by atoms with Crippen LogP contribution in [0.1, 0.15) is 41.6 Å². The molecule has 31 heavy (non-hydrogen) atoms. The Kier molecular flexibility index (Phi) is 3.96. The van der Waals surface area contributed by atoms with Crippen molar-refractivity contribution in [3.05, 3.63) is 101 Å². The monoisotopic (exact) mass is 408 g/mol. The quantitative estimate of drug-likeness (QED) is 0.459. The summed E-state index contributed by atoms with van der Waals surface area (Å²) in [5, 5.41) is 14.8. The number of hydrogen-bond donors (Lipinski definition) is 2. The van der Waals surface area contributed by atoms with Crippen LogP contribution in [0.5, 0.6) is 5.75 Å². The largest absolute Gasteiger partial charge is 0.508 e. The number of carbonyl (C=O) groups excluding carboxylic acids is 1. The van der Waals surface area contributed by atoms with Crippen molar-refractivity contribution in [2.45, 2.75) is 24.7 Å². The lowest BCUT2D eigenvalue weighted by Gasteiger charge is -2.36. The Hall–Kier alpha value is -3.86. The Balaban J connectivity index is 1.58. The van der Waals surface area contributed by atoms with Gasteiger partial charge < -0.3 is 14.8 Å². The Bertz CT molecular complexity index is 1350. The van der Waals surface area contributed by atoms with E-state index in [2.05, 4.69) is 10.3 Å². The first-order chi connectivity index (χ1) is 15.2. The van der Waals surface area contributed by atoms with Crippen molar-refractivity contribution in [2.75, 3.05) is 5.32 Å². The second-order valence-electron chi connectivity index (χ2n) is 8.19. The molecule has 0 fully saturated rings. The molecule has 0 bridgehead atoms. The fourth-order valence-corrected chi connectivity index (χ4v) is 5.05. The summed E-state index contributed by atoms with van der Waals surface area (Å²) < 4.78 is 5.61. The zero-order chi connectivity index (χ0) is 20.9. The Morgan fingerprint density at radius 2 is 1.97 bits per heavy atom. The molecule has 152 valence electrons. The van der Waals surface area contributed by atoms with Gasteiger partial charge in [0.1, 0.15) is 11.5 Å². The van der Waals surface area contributed by atoms with Crippen molar-refractivity contribution >= 4 is 22.4 Å². The predicted molar refractivity (Wildman–Crippen MR) is 118 cm³/mol. The van der Waals surface area contributed by atoms with E-state index in [1.54, 1.807) is 24.6 Å². The van der Waals surface area contributed by atoms with Gasteiger partial charge in [0.15, 0.2) is 5.78 Å². The van der Waals surface area contributed by atoms with Crippen LogP contribution in [0.15, 0.2) is 88.8 Å². The first kappa shape index (κ1) is 18.0. The maximum absolute atomic E-state index is 13.5. The number of furan rings is 1. The van der Waals surface area contributed by atoms with Crippen LogP contribution >= 0.6 is 0 Å². The third-order valence-electron chi connectivity index (χ3n) is 6.35. The number of rotatable bonds is 2. The molecule has 0 saturated heterocycles. The van der Waals surface area contributed by atoms with Gasteiger partial charge >= 0.3 is 0 Å². The number of phenols is 1. The summed E-state index contributed by atoms with van der Waals surface area (Å²) in [6.45, 7) is 0. The molecule has 2 atom stereocenters. The molecular formula is C26H20N2O3. The molecule has 2 aromatic carbocycles. The second-order valence-corrected chi connectivity index (χ2v) is 8.19. The molecule has 1 aliphatic heterocycles. The lowest BCUT2D eigenvalue weighted by atomic mass is 9.72. The number of carbonyl (C=O) groups is 1. The van der Waals surface area contributed by atoms with Crippen molar-refractivity contribution in [3.8, 4) is 5.75 Å². The van der Waals surface area contributed by atoms with Crippen LogP contribution < -0.4 is 5.32 Å². The summed E-state index contributed by atoms with van der Waals surface area (Å²) in [5.41, 5.74) is 5.49. The minimum Gasteiger partial charge on any atom is -0.508 e. The molecular weight excluding hydrogens is 388 g/mol. The van der Waals surface area contributed by atoms with Crippen LogP contribution in [0.3, 0.4) is 0 Å².